The Labute approximate surface area is 222 Å². The molecule has 1 atom stereocenters. The molecule has 0 radical (unpaired) electrons. The van der Waals surface area contributed by atoms with Gasteiger partial charge in [-0.2, -0.15) is 15.3 Å². The second-order valence-electron chi connectivity index (χ2n) is 7.53. The third kappa shape index (κ3) is 8.25. The quantitative estimate of drug-likeness (QED) is 0.255. The van der Waals surface area contributed by atoms with E-state index in [1.807, 2.05) is 19.9 Å². The van der Waals surface area contributed by atoms with E-state index in [4.69, 9.17) is 9.47 Å². The number of methoxy groups -OCH3 is 1. The number of nitrogens with zero attached hydrogens (tertiary/aromatic N) is 4. The molecule has 0 spiro atoms. The summed E-state index contributed by atoms with van der Waals surface area (Å²) in [6.45, 7) is 3.99. The molecular formula is C24H25LiN4O6S. The second kappa shape index (κ2) is 13.3. The minimum Gasteiger partial charge on any atom is -0.744 e. The van der Waals surface area contributed by atoms with E-state index in [9.17, 15) is 18.1 Å². The Hall–Kier alpha value is -3.07. The molecule has 3 rings (SSSR count). The van der Waals surface area contributed by atoms with Gasteiger partial charge in [0.15, 0.2) is 0 Å². The fourth-order valence-electron chi connectivity index (χ4n) is 2.90. The largest absolute Gasteiger partial charge is 1.00 e. The SMILES string of the molecule is CCC(O)COc1ccc(N=Nc2ccc(N=Nc3cccc(S(=O)(=O)[O-])c3)cc2OC)cc1C.[Li+]. The summed E-state index contributed by atoms with van der Waals surface area (Å²) in [5.74, 6) is 1.08. The van der Waals surface area contributed by atoms with Gasteiger partial charge in [-0.15, -0.1) is 5.11 Å². The number of azo groups is 2. The van der Waals surface area contributed by atoms with Gasteiger partial charge in [-0.05, 0) is 67.4 Å². The molecule has 0 aliphatic carbocycles. The fraction of sp³-hybridized carbons (Fsp3) is 0.250. The van der Waals surface area contributed by atoms with E-state index in [0.717, 1.165) is 11.6 Å². The van der Waals surface area contributed by atoms with Crippen molar-refractivity contribution in [2.45, 2.75) is 31.3 Å². The van der Waals surface area contributed by atoms with Gasteiger partial charge < -0.3 is 19.1 Å². The molecule has 0 fully saturated rings. The van der Waals surface area contributed by atoms with Crippen molar-refractivity contribution in [2.24, 2.45) is 20.5 Å². The van der Waals surface area contributed by atoms with Crippen LogP contribution in [-0.2, 0) is 10.1 Å². The van der Waals surface area contributed by atoms with Crippen LogP contribution in [-0.4, -0.2) is 37.9 Å². The van der Waals surface area contributed by atoms with Crippen molar-refractivity contribution in [3.63, 3.8) is 0 Å². The summed E-state index contributed by atoms with van der Waals surface area (Å²) in [6.07, 6.45) is 0.106. The van der Waals surface area contributed by atoms with Crippen LogP contribution >= 0.6 is 0 Å². The van der Waals surface area contributed by atoms with Gasteiger partial charge in [0.1, 0.15) is 33.9 Å². The molecule has 0 saturated carbocycles. The van der Waals surface area contributed by atoms with Crippen molar-refractivity contribution in [2.75, 3.05) is 13.7 Å². The molecule has 0 heterocycles. The summed E-state index contributed by atoms with van der Waals surface area (Å²) in [6, 6.07) is 15.6. The van der Waals surface area contributed by atoms with Crippen LogP contribution in [0, 0.1) is 6.92 Å². The van der Waals surface area contributed by atoms with Crippen molar-refractivity contribution in [3.05, 3.63) is 66.2 Å². The molecule has 3 aromatic rings. The van der Waals surface area contributed by atoms with Gasteiger partial charge in [0.25, 0.3) is 0 Å². The number of ether oxygens (including phenoxy) is 2. The molecule has 0 aromatic heterocycles. The number of aliphatic hydroxyl groups excluding tert-OH is 1. The topological polar surface area (TPSA) is 145 Å². The molecule has 0 aliphatic rings. The Bertz CT molecular complexity index is 1350. The zero-order valence-corrected chi connectivity index (χ0v) is 21.3. The maximum Gasteiger partial charge on any atom is 1.00 e. The molecular weight excluding hydrogens is 479 g/mol. The maximum atomic E-state index is 11.2. The normalized spacial score (nSPS) is 12.5. The predicted octanol–water partition coefficient (Wildman–Crippen LogP) is 2.89. The zero-order valence-electron chi connectivity index (χ0n) is 20.5. The average Bonchev–Trinajstić information content (AvgIpc) is 2.85. The number of rotatable bonds is 10. The van der Waals surface area contributed by atoms with Gasteiger partial charge in [-0.1, -0.05) is 13.0 Å². The molecule has 0 saturated heterocycles. The Balaban J connectivity index is 0.00000456. The van der Waals surface area contributed by atoms with E-state index in [0.29, 0.717) is 35.0 Å². The van der Waals surface area contributed by atoms with Crippen LogP contribution in [0.1, 0.15) is 18.9 Å². The molecule has 3 aromatic carbocycles. The third-order valence-corrected chi connectivity index (χ3v) is 5.72. The number of hydrogen-bond donors (Lipinski definition) is 1. The second-order valence-corrected chi connectivity index (χ2v) is 8.91. The maximum absolute atomic E-state index is 11.2. The molecule has 1 unspecified atom stereocenters. The van der Waals surface area contributed by atoms with E-state index < -0.39 is 16.2 Å². The van der Waals surface area contributed by atoms with Gasteiger partial charge in [0.05, 0.1) is 35.2 Å². The Kier molecular flexibility index (Phi) is 10.8. The first-order valence-electron chi connectivity index (χ1n) is 10.7. The number of hydrogen-bond acceptors (Lipinski definition) is 10. The number of benzene rings is 3. The summed E-state index contributed by atoms with van der Waals surface area (Å²) in [7, 11) is -3.09. The van der Waals surface area contributed by atoms with Crippen LogP contribution in [0.25, 0.3) is 0 Å². The van der Waals surface area contributed by atoms with E-state index in [1.54, 1.807) is 30.3 Å². The smallest absolute Gasteiger partial charge is 0.744 e. The summed E-state index contributed by atoms with van der Waals surface area (Å²) < 4.78 is 44.5. The van der Waals surface area contributed by atoms with Crippen LogP contribution in [0.5, 0.6) is 11.5 Å². The standard InChI is InChI=1S/C24H26N4O6S.Li/c1-4-20(29)15-34-23-11-9-18(12-16(23)2)27-28-22-10-8-19(14-24(22)33-3)26-25-17-6-5-7-21(13-17)35(30,31)32;/h5-14,20,29H,4,15H2,1-3H3,(H,30,31,32);/q;+1/p-1. The first-order chi connectivity index (χ1) is 16.7. The van der Waals surface area contributed by atoms with E-state index in [2.05, 4.69) is 20.5 Å². The minimum absolute atomic E-state index is 0. The summed E-state index contributed by atoms with van der Waals surface area (Å²) in [5.41, 5.74) is 2.60. The Morgan fingerprint density at radius 2 is 1.56 bits per heavy atom. The summed E-state index contributed by atoms with van der Waals surface area (Å²) in [5, 5.41) is 26.2. The summed E-state index contributed by atoms with van der Waals surface area (Å²) in [4.78, 5) is -0.379. The molecule has 0 amide bonds. The van der Waals surface area contributed by atoms with Crippen molar-refractivity contribution < 1.29 is 46.4 Å². The van der Waals surface area contributed by atoms with E-state index in [-0.39, 0.29) is 36.1 Å². The van der Waals surface area contributed by atoms with E-state index in [1.165, 1.54) is 25.3 Å². The molecule has 0 bridgehead atoms. The number of aliphatic hydroxyl groups is 1. The average molecular weight is 504 g/mol. The predicted molar refractivity (Wildman–Crippen MR) is 129 cm³/mol. The first kappa shape index (κ1) is 29.2. The van der Waals surface area contributed by atoms with Crippen molar-refractivity contribution in [1.82, 2.24) is 0 Å². The van der Waals surface area contributed by atoms with Crippen molar-refractivity contribution in [1.29, 1.82) is 0 Å². The van der Waals surface area contributed by atoms with Crippen LogP contribution in [0.2, 0.25) is 0 Å². The van der Waals surface area contributed by atoms with Crippen LogP contribution in [0.15, 0.2) is 86.0 Å². The molecule has 1 N–H and O–H groups in total. The van der Waals surface area contributed by atoms with Gasteiger partial charge >= 0.3 is 18.9 Å². The van der Waals surface area contributed by atoms with Crippen molar-refractivity contribution >= 4 is 32.9 Å². The van der Waals surface area contributed by atoms with Crippen LogP contribution < -0.4 is 28.3 Å². The molecule has 36 heavy (non-hydrogen) atoms. The van der Waals surface area contributed by atoms with Gasteiger partial charge in [0.2, 0.25) is 0 Å². The van der Waals surface area contributed by atoms with Gasteiger partial charge in [-0.25, -0.2) is 8.42 Å². The first-order valence-corrected chi connectivity index (χ1v) is 12.1. The molecule has 10 nitrogen and oxygen atoms in total. The zero-order chi connectivity index (χ0) is 25.4. The molecule has 12 heteroatoms. The monoisotopic (exact) mass is 504 g/mol. The van der Waals surface area contributed by atoms with Crippen LogP contribution in [0.3, 0.4) is 0 Å². The fourth-order valence-corrected chi connectivity index (χ4v) is 3.41. The third-order valence-electron chi connectivity index (χ3n) is 4.88. The molecule has 184 valence electrons. The van der Waals surface area contributed by atoms with Gasteiger partial charge in [-0.3, -0.25) is 0 Å². The summed E-state index contributed by atoms with van der Waals surface area (Å²) >= 11 is 0. The van der Waals surface area contributed by atoms with Crippen LogP contribution in [0.4, 0.5) is 22.7 Å². The minimum atomic E-state index is -4.58. The van der Waals surface area contributed by atoms with Crippen molar-refractivity contribution in [3.8, 4) is 11.5 Å². The van der Waals surface area contributed by atoms with Gasteiger partial charge in [0, 0.05) is 6.07 Å². The molecule has 0 aliphatic heterocycles. The number of aryl methyl sites for hydroxylation is 1. The van der Waals surface area contributed by atoms with E-state index >= 15 is 0 Å². The Morgan fingerprint density at radius 1 is 0.917 bits per heavy atom. The Morgan fingerprint density at radius 3 is 2.19 bits per heavy atom.